The summed E-state index contributed by atoms with van der Waals surface area (Å²) >= 11 is 0. The summed E-state index contributed by atoms with van der Waals surface area (Å²) in [5.41, 5.74) is 0. The van der Waals surface area contributed by atoms with Gasteiger partial charge >= 0.3 is 8.60 Å². The Bertz CT molecular complexity index is 92.3. The summed E-state index contributed by atoms with van der Waals surface area (Å²) in [6, 6.07) is 0. The molecule has 12 heavy (non-hydrogen) atoms. The van der Waals surface area contributed by atoms with Gasteiger partial charge in [0.15, 0.2) is 0 Å². The summed E-state index contributed by atoms with van der Waals surface area (Å²) in [6.45, 7) is 4.74. The minimum absolute atomic E-state index is 0.486. The van der Waals surface area contributed by atoms with E-state index in [1.807, 2.05) is 0 Å². The van der Waals surface area contributed by atoms with E-state index in [2.05, 4.69) is 13.8 Å². The fraction of sp³-hybridized carbons (Fsp3) is 1.00. The zero-order valence-corrected chi connectivity index (χ0v) is 8.76. The first-order chi connectivity index (χ1) is 5.70. The van der Waals surface area contributed by atoms with Crippen molar-refractivity contribution in [2.75, 3.05) is 6.61 Å². The summed E-state index contributed by atoms with van der Waals surface area (Å²) < 4.78 is 4.78. The van der Waals surface area contributed by atoms with Crippen LogP contribution in [-0.2, 0) is 4.52 Å². The van der Waals surface area contributed by atoms with E-state index in [0.29, 0.717) is 12.5 Å². The standard InChI is InChI=1S/C8H19O3P/c1-3-5-8(6-4-2)7-11-12(9)10/h8-10H,3-7H2,1-2H3. The van der Waals surface area contributed by atoms with Gasteiger partial charge in [-0.3, -0.25) is 0 Å². The monoisotopic (exact) mass is 194 g/mol. The van der Waals surface area contributed by atoms with Gasteiger partial charge in [0.1, 0.15) is 0 Å². The Morgan fingerprint density at radius 3 is 2.00 bits per heavy atom. The van der Waals surface area contributed by atoms with Gasteiger partial charge in [0.25, 0.3) is 0 Å². The Hall–Kier alpha value is 0.310. The van der Waals surface area contributed by atoms with E-state index >= 15 is 0 Å². The Kier molecular flexibility index (Phi) is 8.14. The van der Waals surface area contributed by atoms with Crippen molar-refractivity contribution in [3.8, 4) is 0 Å². The Morgan fingerprint density at radius 2 is 1.67 bits per heavy atom. The maximum atomic E-state index is 8.54. The SMILES string of the molecule is CCCC(CCC)COP(O)O. The third-order valence-electron chi connectivity index (χ3n) is 1.82. The van der Waals surface area contributed by atoms with Crippen LogP contribution in [0.3, 0.4) is 0 Å². The average molecular weight is 194 g/mol. The Balaban J connectivity index is 3.48. The van der Waals surface area contributed by atoms with Crippen LogP contribution in [0, 0.1) is 5.92 Å². The zero-order valence-electron chi connectivity index (χ0n) is 7.86. The van der Waals surface area contributed by atoms with Crippen molar-refractivity contribution in [1.29, 1.82) is 0 Å². The molecule has 0 aromatic rings. The molecule has 0 atom stereocenters. The second-order valence-electron chi connectivity index (χ2n) is 2.99. The summed E-state index contributed by atoms with van der Waals surface area (Å²) in [5.74, 6) is 0.490. The Labute approximate surface area is 75.8 Å². The van der Waals surface area contributed by atoms with Crippen LogP contribution in [0.15, 0.2) is 0 Å². The fourth-order valence-electron chi connectivity index (χ4n) is 1.30. The first-order valence-electron chi connectivity index (χ1n) is 4.51. The lowest BCUT2D eigenvalue weighted by Crippen LogP contribution is -2.07. The summed E-state index contributed by atoms with van der Waals surface area (Å²) in [5, 5.41) is 0. The number of rotatable bonds is 7. The van der Waals surface area contributed by atoms with Crippen molar-refractivity contribution < 1.29 is 14.3 Å². The predicted octanol–water partition coefficient (Wildman–Crippen LogP) is 2.43. The van der Waals surface area contributed by atoms with Crippen molar-refractivity contribution in [1.82, 2.24) is 0 Å². The number of hydrogen-bond donors (Lipinski definition) is 2. The van der Waals surface area contributed by atoms with Crippen LogP contribution in [0.5, 0.6) is 0 Å². The molecule has 0 spiro atoms. The topological polar surface area (TPSA) is 49.7 Å². The molecule has 0 aliphatic rings. The van der Waals surface area contributed by atoms with E-state index < -0.39 is 8.60 Å². The molecule has 0 radical (unpaired) electrons. The van der Waals surface area contributed by atoms with Crippen molar-refractivity contribution in [3.63, 3.8) is 0 Å². The first-order valence-corrected chi connectivity index (χ1v) is 5.68. The second-order valence-corrected chi connectivity index (χ2v) is 3.76. The lowest BCUT2D eigenvalue weighted by molar-refractivity contribution is 0.198. The molecule has 4 heteroatoms. The van der Waals surface area contributed by atoms with Gasteiger partial charge in [-0.05, 0) is 18.8 Å². The van der Waals surface area contributed by atoms with Gasteiger partial charge in [-0.1, -0.05) is 26.7 Å². The van der Waals surface area contributed by atoms with Gasteiger partial charge < -0.3 is 14.3 Å². The fourth-order valence-corrected chi connectivity index (χ4v) is 1.64. The van der Waals surface area contributed by atoms with Crippen LogP contribution in [0.4, 0.5) is 0 Å². The maximum Gasteiger partial charge on any atom is 0.327 e. The zero-order chi connectivity index (χ0) is 9.40. The van der Waals surface area contributed by atoms with Crippen LogP contribution in [0.1, 0.15) is 39.5 Å². The lowest BCUT2D eigenvalue weighted by atomic mass is 10.00. The normalized spacial score (nSPS) is 11.5. The van der Waals surface area contributed by atoms with E-state index in [0.717, 1.165) is 25.7 Å². The third kappa shape index (κ3) is 6.99. The minimum atomic E-state index is -2.15. The van der Waals surface area contributed by atoms with Crippen molar-refractivity contribution >= 4 is 8.60 Å². The van der Waals surface area contributed by atoms with E-state index in [4.69, 9.17) is 14.3 Å². The molecule has 74 valence electrons. The molecule has 0 aliphatic carbocycles. The molecule has 0 saturated heterocycles. The van der Waals surface area contributed by atoms with Gasteiger partial charge in [0.05, 0.1) is 6.61 Å². The molecule has 0 bridgehead atoms. The first kappa shape index (κ1) is 12.3. The maximum absolute atomic E-state index is 8.54. The molecular formula is C8H19O3P. The molecule has 0 fully saturated rings. The predicted molar refractivity (Wildman–Crippen MR) is 50.6 cm³/mol. The molecule has 0 amide bonds. The highest BCUT2D eigenvalue weighted by Crippen LogP contribution is 2.27. The van der Waals surface area contributed by atoms with Crippen LogP contribution in [0.25, 0.3) is 0 Å². The highest BCUT2D eigenvalue weighted by Gasteiger charge is 2.09. The van der Waals surface area contributed by atoms with Crippen LogP contribution >= 0.6 is 8.60 Å². The molecule has 0 aromatic carbocycles. The van der Waals surface area contributed by atoms with Gasteiger partial charge in [0, 0.05) is 0 Å². The van der Waals surface area contributed by atoms with Gasteiger partial charge in [-0.2, -0.15) is 0 Å². The van der Waals surface area contributed by atoms with E-state index in [9.17, 15) is 0 Å². The molecule has 0 unspecified atom stereocenters. The van der Waals surface area contributed by atoms with E-state index in [-0.39, 0.29) is 0 Å². The molecule has 0 heterocycles. The quantitative estimate of drug-likeness (QED) is 0.612. The van der Waals surface area contributed by atoms with Crippen LogP contribution < -0.4 is 0 Å². The smallest absolute Gasteiger partial charge is 0.327 e. The molecule has 0 saturated carbocycles. The molecule has 2 N–H and O–H groups in total. The Morgan fingerprint density at radius 1 is 1.17 bits per heavy atom. The molecule has 3 nitrogen and oxygen atoms in total. The lowest BCUT2D eigenvalue weighted by Gasteiger charge is -2.14. The summed E-state index contributed by atoms with van der Waals surface area (Å²) in [7, 11) is -2.15. The second kappa shape index (κ2) is 7.93. The average Bonchev–Trinajstić information content (AvgIpc) is 2.01. The van der Waals surface area contributed by atoms with E-state index in [1.54, 1.807) is 0 Å². The van der Waals surface area contributed by atoms with Gasteiger partial charge in [0.2, 0.25) is 0 Å². The van der Waals surface area contributed by atoms with E-state index in [1.165, 1.54) is 0 Å². The van der Waals surface area contributed by atoms with Crippen molar-refractivity contribution in [2.24, 2.45) is 5.92 Å². The van der Waals surface area contributed by atoms with Crippen LogP contribution in [0.2, 0.25) is 0 Å². The van der Waals surface area contributed by atoms with Gasteiger partial charge in [-0.15, -0.1) is 0 Å². The molecule has 0 aliphatic heterocycles. The van der Waals surface area contributed by atoms with Crippen LogP contribution in [-0.4, -0.2) is 16.4 Å². The summed E-state index contributed by atoms with van der Waals surface area (Å²) in [6.07, 6.45) is 4.47. The number of hydrogen-bond acceptors (Lipinski definition) is 3. The highest BCUT2D eigenvalue weighted by molar-refractivity contribution is 7.39. The molecule has 0 rings (SSSR count). The van der Waals surface area contributed by atoms with Crippen molar-refractivity contribution in [3.05, 3.63) is 0 Å². The summed E-state index contributed by atoms with van der Waals surface area (Å²) in [4.78, 5) is 17.1. The van der Waals surface area contributed by atoms with Crippen molar-refractivity contribution in [2.45, 2.75) is 39.5 Å². The highest BCUT2D eigenvalue weighted by atomic mass is 31.2. The molecular weight excluding hydrogens is 175 g/mol. The molecule has 0 aromatic heterocycles. The minimum Gasteiger partial charge on any atom is -0.328 e. The third-order valence-corrected chi connectivity index (χ3v) is 2.20. The van der Waals surface area contributed by atoms with Gasteiger partial charge in [-0.25, -0.2) is 0 Å². The largest absolute Gasteiger partial charge is 0.328 e.